The summed E-state index contributed by atoms with van der Waals surface area (Å²) >= 11 is 6.04. The Kier molecular flexibility index (Phi) is 7.51. The summed E-state index contributed by atoms with van der Waals surface area (Å²) in [6.45, 7) is 1.86. The number of carbonyl (C=O) groups is 2. The Bertz CT molecular complexity index is 1080. The predicted octanol–water partition coefficient (Wildman–Crippen LogP) is 5.03. The summed E-state index contributed by atoms with van der Waals surface area (Å²) in [5.74, 6) is -0.264. The minimum absolute atomic E-state index is 0.246. The quantitative estimate of drug-likeness (QED) is 0.498. The molecular weight excluding hydrogens is 418 g/mol. The first kappa shape index (κ1) is 22.2. The second-order valence-electron chi connectivity index (χ2n) is 6.75. The summed E-state index contributed by atoms with van der Waals surface area (Å²) in [6.07, 6.45) is 0. The van der Waals surface area contributed by atoms with Crippen LogP contribution in [0.25, 0.3) is 0 Å². The van der Waals surface area contributed by atoms with Crippen molar-refractivity contribution in [3.63, 3.8) is 0 Å². The number of ether oxygens (including phenoxy) is 3. The summed E-state index contributed by atoms with van der Waals surface area (Å²) in [5.41, 5.74) is 2.82. The molecule has 0 heterocycles. The van der Waals surface area contributed by atoms with Crippen molar-refractivity contribution >= 4 is 29.2 Å². The topological polar surface area (TPSA) is 73.9 Å². The lowest BCUT2D eigenvalue weighted by molar-refractivity contribution is -0.119. The second-order valence-corrected chi connectivity index (χ2v) is 7.15. The number of hydrogen-bond acceptors (Lipinski definition) is 5. The Morgan fingerprint density at radius 3 is 2.52 bits per heavy atom. The molecule has 31 heavy (non-hydrogen) atoms. The standard InChI is InChI=1S/C24H22ClNO5/c1-16-6-5-7-17(12-16)14-30-21-9-4-3-8-19(21)24(28)31-15-23(27)26-18-10-11-22(29-2)20(25)13-18/h3-13H,14-15H2,1-2H3,(H,26,27). The van der Waals surface area contributed by atoms with E-state index < -0.39 is 18.5 Å². The van der Waals surface area contributed by atoms with E-state index in [0.717, 1.165) is 11.1 Å². The molecule has 3 rings (SSSR count). The van der Waals surface area contributed by atoms with Crippen molar-refractivity contribution in [2.75, 3.05) is 19.0 Å². The van der Waals surface area contributed by atoms with Gasteiger partial charge in [-0.3, -0.25) is 4.79 Å². The van der Waals surface area contributed by atoms with Crippen LogP contribution in [0.15, 0.2) is 66.7 Å². The number of esters is 1. The summed E-state index contributed by atoms with van der Waals surface area (Å²) in [4.78, 5) is 24.7. The molecule has 3 aromatic rings. The number of anilines is 1. The van der Waals surface area contributed by atoms with Crippen LogP contribution in [-0.2, 0) is 16.1 Å². The molecular formula is C24H22ClNO5. The lowest BCUT2D eigenvalue weighted by atomic mass is 10.1. The number of para-hydroxylation sites is 1. The lowest BCUT2D eigenvalue weighted by Crippen LogP contribution is -2.21. The van der Waals surface area contributed by atoms with Gasteiger partial charge in [0.1, 0.15) is 23.7 Å². The Labute approximate surface area is 185 Å². The van der Waals surface area contributed by atoms with Gasteiger partial charge in [-0.2, -0.15) is 0 Å². The molecule has 0 aromatic heterocycles. The van der Waals surface area contributed by atoms with Crippen LogP contribution in [0.5, 0.6) is 11.5 Å². The first-order chi connectivity index (χ1) is 15.0. The van der Waals surface area contributed by atoms with Crippen LogP contribution in [0.1, 0.15) is 21.5 Å². The van der Waals surface area contributed by atoms with Crippen molar-refractivity contribution in [2.45, 2.75) is 13.5 Å². The fourth-order valence-electron chi connectivity index (χ4n) is 2.87. The highest BCUT2D eigenvalue weighted by atomic mass is 35.5. The van der Waals surface area contributed by atoms with E-state index in [9.17, 15) is 9.59 Å². The molecule has 1 N–H and O–H groups in total. The highest BCUT2D eigenvalue weighted by Gasteiger charge is 2.16. The van der Waals surface area contributed by atoms with Gasteiger partial charge in [0, 0.05) is 5.69 Å². The first-order valence-corrected chi connectivity index (χ1v) is 9.92. The number of aryl methyl sites for hydroxylation is 1. The monoisotopic (exact) mass is 439 g/mol. The number of carbonyl (C=O) groups excluding carboxylic acids is 2. The first-order valence-electron chi connectivity index (χ1n) is 9.54. The molecule has 0 saturated heterocycles. The van der Waals surface area contributed by atoms with Gasteiger partial charge in [-0.15, -0.1) is 0 Å². The van der Waals surface area contributed by atoms with Crippen LogP contribution in [0, 0.1) is 6.92 Å². The third kappa shape index (κ3) is 6.23. The van der Waals surface area contributed by atoms with E-state index in [1.807, 2.05) is 31.2 Å². The average Bonchev–Trinajstić information content (AvgIpc) is 2.76. The van der Waals surface area contributed by atoms with Gasteiger partial charge in [0.05, 0.1) is 12.1 Å². The Morgan fingerprint density at radius 2 is 1.77 bits per heavy atom. The number of amides is 1. The average molecular weight is 440 g/mol. The van der Waals surface area contributed by atoms with Crippen molar-refractivity contribution in [3.05, 3.63) is 88.4 Å². The number of methoxy groups -OCH3 is 1. The molecule has 0 aliphatic rings. The number of halogens is 1. The minimum atomic E-state index is -0.650. The van der Waals surface area contributed by atoms with E-state index >= 15 is 0 Å². The summed E-state index contributed by atoms with van der Waals surface area (Å²) in [7, 11) is 1.50. The van der Waals surface area contributed by atoms with Crippen LogP contribution in [0.3, 0.4) is 0 Å². The molecule has 160 valence electrons. The Morgan fingerprint density at radius 1 is 0.968 bits per heavy atom. The zero-order valence-corrected chi connectivity index (χ0v) is 17.9. The third-order valence-corrected chi connectivity index (χ3v) is 4.65. The van der Waals surface area contributed by atoms with Crippen molar-refractivity contribution in [1.82, 2.24) is 0 Å². The van der Waals surface area contributed by atoms with E-state index in [2.05, 4.69) is 5.32 Å². The van der Waals surface area contributed by atoms with E-state index in [0.29, 0.717) is 28.8 Å². The van der Waals surface area contributed by atoms with Crippen molar-refractivity contribution in [1.29, 1.82) is 0 Å². The molecule has 0 atom stereocenters. The smallest absolute Gasteiger partial charge is 0.342 e. The van der Waals surface area contributed by atoms with Crippen LogP contribution >= 0.6 is 11.6 Å². The van der Waals surface area contributed by atoms with E-state index in [1.54, 1.807) is 42.5 Å². The van der Waals surface area contributed by atoms with Gasteiger partial charge in [0.25, 0.3) is 5.91 Å². The minimum Gasteiger partial charge on any atom is -0.495 e. The third-order valence-electron chi connectivity index (χ3n) is 4.35. The van der Waals surface area contributed by atoms with Gasteiger partial charge < -0.3 is 19.5 Å². The van der Waals surface area contributed by atoms with Crippen LogP contribution in [0.2, 0.25) is 5.02 Å². The van der Waals surface area contributed by atoms with Crippen LogP contribution < -0.4 is 14.8 Å². The van der Waals surface area contributed by atoms with Gasteiger partial charge in [-0.1, -0.05) is 53.6 Å². The van der Waals surface area contributed by atoms with Crippen LogP contribution in [-0.4, -0.2) is 25.6 Å². The molecule has 0 bridgehead atoms. The maximum absolute atomic E-state index is 12.5. The summed E-state index contributed by atoms with van der Waals surface area (Å²) in [5, 5.41) is 2.98. The molecule has 1 amide bonds. The van der Waals surface area contributed by atoms with Gasteiger partial charge in [0.2, 0.25) is 0 Å². The molecule has 6 nitrogen and oxygen atoms in total. The number of hydrogen-bond donors (Lipinski definition) is 1. The maximum Gasteiger partial charge on any atom is 0.342 e. The highest BCUT2D eigenvalue weighted by Crippen LogP contribution is 2.27. The van der Waals surface area contributed by atoms with Gasteiger partial charge in [-0.05, 0) is 42.8 Å². The van der Waals surface area contributed by atoms with E-state index in [4.69, 9.17) is 25.8 Å². The zero-order valence-electron chi connectivity index (χ0n) is 17.2. The SMILES string of the molecule is COc1ccc(NC(=O)COC(=O)c2ccccc2OCc2cccc(C)c2)cc1Cl. The molecule has 0 saturated carbocycles. The molecule has 7 heteroatoms. The van der Waals surface area contributed by atoms with E-state index in [-0.39, 0.29) is 5.56 Å². The largest absolute Gasteiger partial charge is 0.495 e. The van der Waals surface area contributed by atoms with Crippen molar-refractivity contribution < 1.29 is 23.8 Å². The van der Waals surface area contributed by atoms with Gasteiger partial charge in [-0.25, -0.2) is 4.79 Å². The number of benzene rings is 3. The highest BCUT2D eigenvalue weighted by molar-refractivity contribution is 6.32. The van der Waals surface area contributed by atoms with Crippen molar-refractivity contribution in [2.24, 2.45) is 0 Å². The number of nitrogens with one attached hydrogen (secondary N) is 1. The molecule has 0 fully saturated rings. The fourth-order valence-corrected chi connectivity index (χ4v) is 3.13. The summed E-state index contributed by atoms with van der Waals surface area (Å²) in [6, 6.07) is 19.5. The predicted molar refractivity (Wildman–Crippen MR) is 119 cm³/mol. The molecule has 0 radical (unpaired) electrons. The lowest BCUT2D eigenvalue weighted by Gasteiger charge is -2.12. The van der Waals surface area contributed by atoms with Gasteiger partial charge >= 0.3 is 5.97 Å². The second kappa shape index (κ2) is 10.5. The normalized spacial score (nSPS) is 10.3. The zero-order chi connectivity index (χ0) is 22.2. The van der Waals surface area contributed by atoms with Gasteiger partial charge in [0.15, 0.2) is 6.61 Å². The fraction of sp³-hybridized carbons (Fsp3) is 0.167. The molecule has 0 aliphatic carbocycles. The molecule has 3 aromatic carbocycles. The molecule has 0 aliphatic heterocycles. The van der Waals surface area contributed by atoms with E-state index in [1.165, 1.54) is 7.11 Å². The van der Waals surface area contributed by atoms with Crippen LogP contribution in [0.4, 0.5) is 5.69 Å². The maximum atomic E-state index is 12.5. The molecule has 0 unspecified atom stereocenters. The Hall–Kier alpha value is -3.51. The summed E-state index contributed by atoms with van der Waals surface area (Å²) < 4.78 is 16.0. The van der Waals surface area contributed by atoms with Crippen molar-refractivity contribution in [3.8, 4) is 11.5 Å². The Balaban J connectivity index is 1.57. The molecule has 0 spiro atoms. The number of rotatable bonds is 8.